The molecule has 0 saturated carbocycles. The lowest BCUT2D eigenvalue weighted by atomic mass is 10.0. The van der Waals surface area contributed by atoms with Crippen LogP contribution in [-0.4, -0.2) is 44.3 Å². The number of ether oxygens (including phenoxy) is 2. The van der Waals surface area contributed by atoms with Crippen molar-refractivity contribution >= 4 is 17.6 Å². The maximum atomic E-state index is 5.44. The minimum absolute atomic E-state index is 0.258. The zero-order valence-corrected chi connectivity index (χ0v) is 19.3. The summed E-state index contributed by atoms with van der Waals surface area (Å²) >= 11 is 0. The van der Waals surface area contributed by atoms with Crippen LogP contribution in [0.4, 0.5) is 17.6 Å². The maximum absolute atomic E-state index is 5.44. The van der Waals surface area contributed by atoms with Gasteiger partial charge in [0.15, 0.2) is 17.3 Å². The second kappa shape index (κ2) is 9.15. The lowest BCUT2D eigenvalue weighted by molar-refractivity contribution is 0.354. The molecule has 0 aliphatic carbocycles. The molecule has 0 amide bonds. The summed E-state index contributed by atoms with van der Waals surface area (Å²) in [5.41, 5.74) is 10.3. The van der Waals surface area contributed by atoms with E-state index in [2.05, 4.69) is 57.0 Å². The van der Waals surface area contributed by atoms with Gasteiger partial charge >= 0.3 is 0 Å². The van der Waals surface area contributed by atoms with Crippen molar-refractivity contribution in [3.8, 4) is 11.5 Å². The Balaban J connectivity index is 1.36. The van der Waals surface area contributed by atoms with Crippen LogP contribution in [0.2, 0.25) is 0 Å². The number of likely N-dealkylation sites (N-methyl/N-ethyl adjacent to an activating group) is 1. The van der Waals surface area contributed by atoms with Gasteiger partial charge in [-0.25, -0.2) is 5.43 Å². The van der Waals surface area contributed by atoms with Gasteiger partial charge in [-0.15, -0.1) is 0 Å². The van der Waals surface area contributed by atoms with Gasteiger partial charge in [-0.3, -0.25) is 0 Å². The second-order valence-corrected chi connectivity index (χ2v) is 8.49. The summed E-state index contributed by atoms with van der Waals surface area (Å²) in [5, 5.41) is 0. The monoisotopic (exact) mass is 446 g/mol. The third-order valence-electron chi connectivity index (χ3n) is 6.36. The van der Waals surface area contributed by atoms with Crippen molar-refractivity contribution in [3.63, 3.8) is 0 Å². The van der Waals surface area contributed by atoms with Crippen molar-refractivity contribution in [2.24, 2.45) is 0 Å². The van der Waals surface area contributed by atoms with Gasteiger partial charge in [-0.1, -0.05) is 36.4 Å². The Kier molecular flexibility index (Phi) is 5.92. The lowest BCUT2D eigenvalue weighted by Gasteiger charge is -2.32. The summed E-state index contributed by atoms with van der Waals surface area (Å²) in [6.07, 6.45) is 1.87. The summed E-state index contributed by atoms with van der Waals surface area (Å²) < 4.78 is 10.8. The van der Waals surface area contributed by atoms with Crippen molar-refractivity contribution in [2.75, 3.05) is 49.6 Å². The summed E-state index contributed by atoms with van der Waals surface area (Å²) in [4.78, 5) is 14.3. The normalized spacial score (nSPS) is 16.2. The quantitative estimate of drug-likeness (QED) is 0.544. The molecule has 5 rings (SSSR count). The second-order valence-electron chi connectivity index (χ2n) is 8.49. The van der Waals surface area contributed by atoms with Crippen molar-refractivity contribution in [1.29, 1.82) is 0 Å². The molecule has 1 aromatic heterocycles. The summed E-state index contributed by atoms with van der Waals surface area (Å²) in [6.45, 7) is 2.57. The fourth-order valence-corrected chi connectivity index (χ4v) is 4.50. The first-order chi connectivity index (χ1) is 16.2. The van der Waals surface area contributed by atoms with Crippen molar-refractivity contribution in [2.45, 2.75) is 25.4 Å². The molecule has 2 N–H and O–H groups in total. The van der Waals surface area contributed by atoms with Crippen LogP contribution < -0.4 is 30.1 Å². The van der Waals surface area contributed by atoms with E-state index >= 15 is 0 Å². The van der Waals surface area contributed by atoms with Crippen LogP contribution in [0, 0.1) is 0 Å². The molecule has 2 aliphatic heterocycles. The highest BCUT2D eigenvalue weighted by molar-refractivity contribution is 5.67. The number of rotatable bonds is 8. The molecule has 0 spiro atoms. The number of nitrogens with one attached hydrogen (secondary N) is 2. The molecule has 1 atom stereocenters. The molecule has 8 nitrogen and oxygen atoms in total. The van der Waals surface area contributed by atoms with E-state index < -0.39 is 0 Å². The van der Waals surface area contributed by atoms with E-state index in [1.807, 2.05) is 19.2 Å². The van der Waals surface area contributed by atoms with Crippen molar-refractivity contribution in [3.05, 3.63) is 65.2 Å². The third-order valence-corrected chi connectivity index (χ3v) is 6.36. The molecule has 3 heterocycles. The highest BCUT2D eigenvalue weighted by atomic mass is 16.5. The highest BCUT2D eigenvalue weighted by Gasteiger charge is 2.35. The molecule has 0 fully saturated rings. The van der Waals surface area contributed by atoms with E-state index in [-0.39, 0.29) is 6.04 Å². The van der Waals surface area contributed by atoms with Crippen LogP contribution in [0.15, 0.2) is 48.5 Å². The fraction of sp³-hybridized carbons (Fsp3) is 0.360. The Morgan fingerprint density at radius 1 is 1.03 bits per heavy atom. The summed E-state index contributed by atoms with van der Waals surface area (Å²) in [7, 11) is 5.35. The smallest absolute Gasteiger partial charge is 0.229 e. The summed E-state index contributed by atoms with van der Waals surface area (Å²) in [6, 6.07) is 16.9. The van der Waals surface area contributed by atoms with E-state index in [1.165, 1.54) is 16.7 Å². The SMILES string of the molecule is COc1ccc(CCN(C)c2nc3c4c(n2)N(Cc2ccccc2)CCC4NN3)cc1OC. The van der Waals surface area contributed by atoms with Crippen LogP contribution >= 0.6 is 0 Å². The van der Waals surface area contributed by atoms with Crippen LogP contribution in [0.5, 0.6) is 11.5 Å². The molecule has 0 bridgehead atoms. The largest absolute Gasteiger partial charge is 0.493 e. The molecule has 0 saturated heterocycles. The van der Waals surface area contributed by atoms with Crippen LogP contribution in [0.1, 0.15) is 29.2 Å². The number of nitrogens with zero attached hydrogens (tertiary/aromatic N) is 4. The minimum Gasteiger partial charge on any atom is -0.493 e. The Labute approximate surface area is 194 Å². The highest BCUT2D eigenvalue weighted by Crippen LogP contribution is 2.41. The van der Waals surface area contributed by atoms with Gasteiger partial charge < -0.3 is 24.7 Å². The number of anilines is 3. The molecule has 33 heavy (non-hydrogen) atoms. The van der Waals surface area contributed by atoms with Gasteiger partial charge in [-0.2, -0.15) is 9.97 Å². The predicted molar refractivity (Wildman–Crippen MR) is 130 cm³/mol. The molecule has 1 unspecified atom stereocenters. The first-order valence-corrected chi connectivity index (χ1v) is 11.3. The van der Waals surface area contributed by atoms with E-state index in [0.717, 1.165) is 61.6 Å². The first kappa shape index (κ1) is 21.3. The molecular weight excluding hydrogens is 416 g/mol. The number of hydrogen-bond donors (Lipinski definition) is 2. The zero-order chi connectivity index (χ0) is 22.8. The molecular formula is C25H30N6O2. The number of hydrazine groups is 1. The number of hydrogen-bond acceptors (Lipinski definition) is 8. The molecule has 2 aliphatic rings. The third kappa shape index (κ3) is 4.26. The molecule has 2 aromatic carbocycles. The van der Waals surface area contributed by atoms with Gasteiger partial charge in [0, 0.05) is 26.7 Å². The zero-order valence-electron chi connectivity index (χ0n) is 19.3. The van der Waals surface area contributed by atoms with Gasteiger partial charge in [0.25, 0.3) is 0 Å². The van der Waals surface area contributed by atoms with Gasteiger partial charge in [0.05, 0.1) is 25.8 Å². The van der Waals surface area contributed by atoms with E-state index in [0.29, 0.717) is 0 Å². The summed E-state index contributed by atoms with van der Waals surface area (Å²) in [5.74, 6) is 4.11. The molecule has 0 radical (unpaired) electrons. The van der Waals surface area contributed by atoms with Crippen LogP contribution in [0.3, 0.4) is 0 Å². The maximum Gasteiger partial charge on any atom is 0.229 e. The standard InChI is InChI=1S/C25H30N6O2/c1-30(13-11-17-9-10-20(32-2)21(15-17)33-3)25-26-23-22-19(28-29-23)12-14-31(24(22)27-25)16-18-7-5-4-6-8-18/h4-10,15,19,28H,11-14,16H2,1-3H3,(H,26,27,29). The fourth-order valence-electron chi connectivity index (χ4n) is 4.50. The number of benzene rings is 2. The Hall–Kier alpha value is -3.52. The lowest BCUT2D eigenvalue weighted by Crippen LogP contribution is -2.34. The average molecular weight is 447 g/mol. The van der Waals surface area contributed by atoms with Crippen LogP contribution in [-0.2, 0) is 13.0 Å². The average Bonchev–Trinajstić information content (AvgIpc) is 3.28. The van der Waals surface area contributed by atoms with Gasteiger partial charge in [-0.05, 0) is 36.1 Å². The Morgan fingerprint density at radius 3 is 2.64 bits per heavy atom. The van der Waals surface area contributed by atoms with Crippen molar-refractivity contribution in [1.82, 2.24) is 15.4 Å². The van der Waals surface area contributed by atoms with Crippen molar-refractivity contribution < 1.29 is 9.47 Å². The Bertz CT molecular complexity index is 1120. The minimum atomic E-state index is 0.258. The first-order valence-electron chi connectivity index (χ1n) is 11.3. The van der Waals surface area contributed by atoms with Gasteiger partial charge in [0.2, 0.25) is 5.95 Å². The molecule has 172 valence electrons. The molecule has 8 heteroatoms. The van der Waals surface area contributed by atoms with E-state index in [9.17, 15) is 0 Å². The Morgan fingerprint density at radius 2 is 1.85 bits per heavy atom. The van der Waals surface area contributed by atoms with E-state index in [1.54, 1.807) is 14.2 Å². The number of methoxy groups -OCH3 is 2. The number of aromatic nitrogens is 2. The van der Waals surface area contributed by atoms with Gasteiger partial charge in [0.1, 0.15) is 5.82 Å². The van der Waals surface area contributed by atoms with Crippen LogP contribution in [0.25, 0.3) is 0 Å². The molecule has 3 aromatic rings. The predicted octanol–water partition coefficient (Wildman–Crippen LogP) is 3.55. The van der Waals surface area contributed by atoms with E-state index in [4.69, 9.17) is 19.4 Å². The topological polar surface area (TPSA) is 74.8 Å².